The molecule has 8 heteroatoms. The summed E-state index contributed by atoms with van der Waals surface area (Å²) in [5, 5.41) is 7.90. The molecule has 0 bridgehead atoms. The minimum absolute atomic E-state index is 0.0457. The molecule has 3 rings (SSSR count). The van der Waals surface area contributed by atoms with Crippen molar-refractivity contribution < 1.29 is 13.8 Å². The first-order valence-electron chi connectivity index (χ1n) is 7.78. The number of hydrogen-bond acceptors (Lipinski definition) is 6. The molecule has 2 aromatic rings. The van der Waals surface area contributed by atoms with Crippen molar-refractivity contribution in [2.24, 2.45) is 0 Å². The maximum absolute atomic E-state index is 12.5. The molecule has 0 radical (unpaired) electrons. The molecule has 0 saturated carbocycles. The fraction of sp³-hybridized carbons (Fsp3) is 0.600. The van der Waals surface area contributed by atoms with Gasteiger partial charge >= 0.3 is 0 Å². The van der Waals surface area contributed by atoms with Crippen LogP contribution in [-0.4, -0.2) is 32.6 Å². The highest BCUT2D eigenvalue weighted by Crippen LogP contribution is 2.32. The molecule has 2 aromatic heterocycles. The zero-order chi connectivity index (χ0) is 16.4. The van der Waals surface area contributed by atoms with Crippen LogP contribution in [0.25, 0.3) is 0 Å². The first-order valence-corrected chi connectivity index (χ1v) is 8.16. The molecule has 1 aliphatic rings. The third kappa shape index (κ3) is 3.55. The van der Waals surface area contributed by atoms with Crippen LogP contribution in [0.1, 0.15) is 62.5 Å². The Hall–Kier alpha value is -1.89. The van der Waals surface area contributed by atoms with E-state index >= 15 is 0 Å². The Morgan fingerprint density at radius 1 is 1.43 bits per heavy atom. The van der Waals surface area contributed by atoms with E-state index in [0.29, 0.717) is 42.0 Å². The maximum atomic E-state index is 12.5. The van der Waals surface area contributed by atoms with Gasteiger partial charge in [-0.2, -0.15) is 4.98 Å². The van der Waals surface area contributed by atoms with Gasteiger partial charge in [0.05, 0.1) is 0 Å². The van der Waals surface area contributed by atoms with Gasteiger partial charge in [0.2, 0.25) is 11.8 Å². The van der Waals surface area contributed by atoms with Crippen LogP contribution in [0.4, 0.5) is 0 Å². The largest absolute Gasteiger partial charge is 0.360 e. The molecule has 0 aliphatic carbocycles. The number of amides is 1. The fourth-order valence-electron chi connectivity index (χ4n) is 2.72. The maximum Gasteiger partial charge on any atom is 0.249 e. The Morgan fingerprint density at radius 3 is 2.91 bits per heavy atom. The number of aromatic nitrogens is 3. The molecule has 1 atom stereocenters. The standard InChI is InChI=1S/C15H19ClN4O3/c1-9(2)14-17-15(23-19-14)11-4-3-7-20(11)13(21)6-5-10-8-12(16)18-22-10/h8-9,11H,3-7H2,1-2H3/t11-/m0/s1. The lowest BCUT2D eigenvalue weighted by Crippen LogP contribution is -2.30. The number of carbonyl (C=O) groups is 1. The van der Waals surface area contributed by atoms with Gasteiger partial charge in [-0.3, -0.25) is 4.79 Å². The van der Waals surface area contributed by atoms with Gasteiger partial charge in [0.1, 0.15) is 11.8 Å². The number of likely N-dealkylation sites (tertiary alicyclic amines) is 1. The number of nitrogens with zero attached hydrogens (tertiary/aromatic N) is 4. The van der Waals surface area contributed by atoms with Crippen molar-refractivity contribution in [2.75, 3.05) is 6.54 Å². The van der Waals surface area contributed by atoms with E-state index in [1.54, 1.807) is 6.07 Å². The quantitative estimate of drug-likeness (QED) is 0.832. The van der Waals surface area contributed by atoms with Crippen LogP contribution >= 0.6 is 11.6 Å². The molecule has 0 spiro atoms. The Bertz CT molecular complexity index is 682. The Kier molecular flexibility index (Phi) is 4.66. The number of halogens is 1. The summed E-state index contributed by atoms with van der Waals surface area (Å²) < 4.78 is 10.4. The normalized spacial score (nSPS) is 18.1. The van der Waals surface area contributed by atoms with Crippen molar-refractivity contribution in [1.29, 1.82) is 0 Å². The van der Waals surface area contributed by atoms with Gasteiger partial charge < -0.3 is 13.9 Å². The summed E-state index contributed by atoms with van der Waals surface area (Å²) in [5.41, 5.74) is 0. The second-order valence-electron chi connectivity index (χ2n) is 6.01. The molecule has 1 aliphatic heterocycles. The number of rotatable bonds is 5. The summed E-state index contributed by atoms with van der Waals surface area (Å²) in [6, 6.07) is 1.50. The molecule has 3 heterocycles. The lowest BCUT2D eigenvalue weighted by molar-refractivity contribution is -0.132. The predicted octanol–water partition coefficient (Wildman–Crippen LogP) is 3.13. The van der Waals surface area contributed by atoms with Crippen molar-refractivity contribution in [3.05, 3.63) is 28.7 Å². The van der Waals surface area contributed by atoms with E-state index < -0.39 is 0 Å². The summed E-state index contributed by atoms with van der Waals surface area (Å²) >= 11 is 5.71. The highest BCUT2D eigenvalue weighted by atomic mass is 35.5. The van der Waals surface area contributed by atoms with E-state index in [4.69, 9.17) is 20.6 Å². The summed E-state index contributed by atoms with van der Waals surface area (Å²) in [6.07, 6.45) is 2.60. The zero-order valence-electron chi connectivity index (χ0n) is 13.2. The van der Waals surface area contributed by atoms with Crippen LogP contribution in [0.15, 0.2) is 15.1 Å². The lowest BCUT2D eigenvalue weighted by Gasteiger charge is -2.21. The summed E-state index contributed by atoms with van der Waals surface area (Å²) in [6.45, 7) is 4.73. The number of hydrogen-bond donors (Lipinski definition) is 0. The molecule has 1 amide bonds. The van der Waals surface area contributed by atoms with Crippen molar-refractivity contribution in [3.8, 4) is 0 Å². The van der Waals surface area contributed by atoms with Gasteiger partial charge in [0.25, 0.3) is 0 Å². The zero-order valence-corrected chi connectivity index (χ0v) is 13.9. The van der Waals surface area contributed by atoms with Gasteiger partial charge in [0, 0.05) is 31.4 Å². The van der Waals surface area contributed by atoms with Crippen LogP contribution in [0.3, 0.4) is 0 Å². The molecule has 0 aromatic carbocycles. The molecular formula is C15H19ClN4O3. The molecule has 1 fully saturated rings. The van der Waals surface area contributed by atoms with E-state index in [1.807, 2.05) is 18.7 Å². The van der Waals surface area contributed by atoms with Crippen LogP contribution < -0.4 is 0 Å². The van der Waals surface area contributed by atoms with Gasteiger partial charge in [0.15, 0.2) is 11.0 Å². The lowest BCUT2D eigenvalue weighted by atomic mass is 10.2. The minimum Gasteiger partial charge on any atom is -0.360 e. The molecule has 7 nitrogen and oxygen atoms in total. The summed E-state index contributed by atoms with van der Waals surface area (Å²) in [5.74, 6) is 2.07. The van der Waals surface area contributed by atoms with E-state index in [-0.39, 0.29) is 17.9 Å². The second-order valence-corrected chi connectivity index (χ2v) is 6.39. The van der Waals surface area contributed by atoms with Crippen LogP contribution in [0.2, 0.25) is 5.15 Å². The molecule has 23 heavy (non-hydrogen) atoms. The van der Waals surface area contributed by atoms with Crippen molar-refractivity contribution in [3.63, 3.8) is 0 Å². The van der Waals surface area contributed by atoms with Crippen molar-refractivity contribution in [1.82, 2.24) is 20.2 Å². The monoisotopic (exact) mass is 338 g/mol. The van der Waals surface area contributed by atoms with Crippen LogP contribution in [-0.2, 0) is 11.2 Å². The SMILES string of the molecule is CC(C)c1noc([C@@H]2CCCN2C(=O)CCc2cc(Cl)no2)n1. The van der Waals surface area contributed by atoms with Crippen LogP contribution in [0, 0.1) is 0 Å². The molecule has 1 saturated heterocycles. The van der Waals surface area contributed by atoms with Crippen LogP contribution in [0.5, 0.6) is 0 Å². The predicted molar refractivity (Wildman–Crippen MR) is 81.9 cm³/mol. The van der Waals surface area contributed by atoms with E-state index in [1.165, 1.54) is 0 Å². The van der Waals surface area contributed by atoms with Crippen molar-refractivity contribution in [2.45, 2.75) is 51.5 Å². The average molecular weight is 339 g/mol. The Labute approximate surface area is 139 Å². The van der Waals surface area contributed by atoms with Gasteiger partial charge in [-0.25, -0.2) is 0 Å². The highest BCUT2D eigenvalue weighted by molar-refractivity contribution is 6.29. The molecular weight excluding hydrogens is 320 g/mol. The number of carbonyl (C=O) groups excluding carboxylic acids is 1. The molecule has 124 valence electrons. The van der Waals surface area contributed by atoms with E-state index in [2.05, 4.69) is 15.3 Å². The number of aryl methyl sites for hydroxylation is 1. The van der Waals surface area contributed by atoms with E-state index in [9.17, 15) is 4.79 Å². The molecule has 0 unspecified atom stereocenters. The third-order valence-corrected chi connectivity index (χ3v) is 4.13. The molecule has 0 N–H and O–H groups in total. The van der Waals surface area contributed by atoms with Gasteiger partial charge in [-0.1, -0.05) is 35.8 Å². The summed E-state index contributed by atoms with van der Waals surface area (Å²) in [7, 11) is 0. The fourth-order valence-corrected chi connectivity index (χ4v) is 2.87. The van der Waals surface area contributed by atoms with Crippen molar-refractivity contribution >= 4 is 17.5 Å². The Balaban J connectivity index is 1.64. The minimum atomic E-state index is -0.124. The smallest absolute Gasteiger partial charge is 0.249 e. The first-order chi connectivity index (χ1) is 11.0. The third-order valence-electron chi connectivity index (χ3n) is 3.95. The first kappa shape index (κ1) is 16.0. The highest BCUT2D eigenvalue weighted by Gasteiger charge is 2.34. The second kappa shape index (κ2) is 6.70. The summed E-state index contributed by atoms with van der Waals surface area (Å²) in [4.78, 5) is 18.7. The van der Waals surface area contributed by atoms with Gasteiger partial charge in [-0.05, 0) is 12.8 Å². The topological polar surface area (TPSA) is 85.3 Å². The Morgan fingerprint density at radius 2 is 2.26 bits per heavy atom. The van der Waals surface area contributed by atoms with E-state index in [0.717, 1.165) is 12.8 Å². The average Bonchev–Trinajstić information content (AvgIpc) is 3.24. The van der Waals surface area contributed by atoms with Gasteiger partial charge in [-0.15, -0.1) is 0 Å².